The number of rotatable bonds is 44. The molecule has 73 heavy (non-hydrogen) atoms. The number of allylic oxidation sites excluding steroid dienone is 10. The molecule has 11 atom stereocenters. The SMILES string of the molecule is CC/C=C/C/C=C/C/C=C/C/C=C/C/C=C/CCCCCC(=O)OC[C@@H](CO[C@@H]1O[C@H](CO[C@@H]2O[C@H](CO)[C@H](O)C(O)C2O)[C@H](O)C(O)C1O)OC(=O)CCCCCCCCCCCCCCCCCCCC. The lowest BCUT2D eigenvalue weighted by atomic mass is 9.98. The predicted molar refractivity (Wildman–Crippen MR) is 284 cm³/mol. The van der Waals surface area contributed by atoms with Crippen LogP contribution in [-0.2, 0) is 38.0 Å². The van der Waals surface area contributed by atoms with Crippen LogP contribution in [0.4, 0.5) is 0 Å². The Bertz CT molecular complexity index is 1500. The highest BCUT2D eigenvalue weighted by molar-refractivity contribution is 5.70. The van der Waals surface area contributed by atoms with E-state index in [1.807, 2.05) is 0 Å². The van der Waals surface area contributed by atoms with Crippen LogP contribution in [0.1, 0.15) is 200 Å². The molecule has 0 radical (unpaired) electrons. The quantitative estimate of drug-likeness (QED) is 0.0171. The average Bonchev–Trinajstić information content (AvgIpc) is 3.38. The molecule has 0 spiro atoms. The minimum absolute atomic E-state index is 0.159. The van der Waals surface area contributed by atoms with Crippen LogP contribution in [-0.4, -0.2) is 142 Å². The highest BCUT2D eigenvalue weighted by atomic mass is 16.7. The number of hydrogen-bond acceptors (Lipinski definition) is 15. The van der Waals surface area contributed by atoms with E-state index in [0.29, 0.717) is 12.8 Å². The van der Waals surface area contributed by atoms with Crippen LogP contribution in [0.5, 0.6) is 0 Å². The molecule has 2 aliphatic rings. The van der Waals surface area contributed by atoms with E-state index in [-0.39, 0.29) is 19.4 Å². The van der Waals surface area contributed by atoms with Gasteiger partial charge in [-0.15, -0.1) is 0 Å². The summed E-state index contributed by atoms with van der Waals surface area (Å²) in [5.74, 6) is -0.958. The van der Waals surface area contributed by atoms with Crippen molar-refractivity contribution in [2.45, 2.75) is 268 Å². The van der Waals surface area contributed by atoms with Crippen LogP contribution in [0, 0.1) is 0 Å². The monoisotopic (exact) mass is 1040 g/mol. The average molecular weight is 1040 g/mol. The van der Waals surface area contributed by atoms with Gasteiger partial charge in [0.1, 0.15) is 55.4 Å². The molecule has 2 saturated heterocycles. The first-order valence-corrected chi connectivity index (χ1v) is 28.4. The third-order valence-corrected chi connectivity index (χ3v) is 13.3. The molecule has 0 aromatic rings. The first-order chi connectivity index (χ1) is 35.5. The summed E-state index contributed by atoms with van der Waals surface area (Å²) < 4.78 is 33.6. The molecule has 2 heterocycles. The molecule has 0 bridgehead atoms. The summed E-state index contributed by atoms with van der Waals surface area (Å²) in [6, 6.07) is 0. The molecular formula is C58H100O15. The summed E-state index contributed by atoms with van der Waals surface area (Å²) in [6.07, 6.45) is 35.2. The third-order valence-electron chi connectivity index (χ3n) is 13.3. The fourth-order valence-corrected chi connectivity index (χ4v) is 8.66. The zero-order chi connectivity index (χ0) is 53.2. The second-order valence-corrected chi connectivity index (χ2v) is 19.7. The molecule has 2 aliphatic heterocycles. The van der Waals surface area contributed by atoms with E-state index in [0.717, 1.165) is 70.6 Å². The lowest BCUT2D eigenvalue weighted by molar-refractivity contribution is -0.332. The standard InChI is InChI=1S/C58H100O15/c1-3-5-7-9-11-13-15-17-19-21-23-25-26-28-30-32-34-36-38-40-49(60)68-43-46(71-50(61)41-39-37-35-33-31-29-27-24-22-20-18-16-14-12-10-8-6-4-2)44-69-57-56(67)54(65)52(63)48(73-57)45-70-58-55(66)53(64)51(62)47(42-59)72-58/h5,7,11,13,17,19,23,25,28,30,46-48,51-59,62-67H,3-4,6,8-10,12,14-16,18,20-22,24,26-27,29,31-45H2,1-2H3/b7-5+,13-11+,19-17+,25-23+,30-28+/t46-,47+,48+,51-,52-,53?,54?,55?,56?,57+,58+/m0/s1. The van der Waals surface area contributed by atoms with Crippen molar-refractivity contribution in [1.29, 1.82) is 0 Å². The lowest BCUT2D eigenvalue weighted by Gasteiger charge is -2.42. The summed E-state index contributed by atoms with van der Waals surface area (Å²) in [7, 11) is 0. The van der Waals surface area contributed by atoms with Crippen molar-refractivity contribution in [3.63, 3.8) is 0 Å². The Hall–Kier alpha value is -2.80. The Morgan fingerprint density at radius 1 is 0.452 bits per heavy atom. The van der Waals surface area contributed by atoms with Crippen molar-refractivity contribution in [2.24, 2.45) is 0 Å². The maximum Gasteiger partial charge on any atom is 0.306 e. The first-order valence-electron chi connectivity index (χ1n) is 28.4. The van der Waals surface area contributed by atoms with Crippen LogP contribution in [0.15, 0.2) is 60.8 Å². The molecule has 0 saturated carbocycles. The van der Waals surface area contributed by atoms with Gasteiger partial charge >= 0.3 is 11.9 Å². The Morgan fingerprint density at radius 2 is 0.863 bits per heavy atom. The number of aliphatic hydroxyl groups is 7. The number of esters is 2. The number of carbonyl (C=O) groups is 2. The largest absolute Gasteiger partial charge is 0.462 e. The molecule has 7 N–H and O–H groups in total. The molecule has 2 rings (SSSR count). The summed E-state index contributed by atoms with van der Waals surface area (Å²) in [4.78, 5) is 25.9. The minimum atomic E-state index is -1.77. The van der Waals surface area contributed by atoms with Crippen LogP contribution in [0.2, 0.25) is 0 Å². The maximum atomic E-state index is 13.1. The smallest absolute Gasteiger partial charge is 0.306 e. The van der Waals surface area contributed by atoms with Gasteiger partial charge in [-0.25, -0.2) is 0 Å². The van der Waals surface area contributed by atoms with Crippen molar-refractivity contribution >= 4 is 11.9 Å². The highest BCUT2D eigenvalue weighted by Crippen LogP contribution is 2.27. The van der Waals surface area contributed by atoms with Crippen LogP contribution in [0.3, 0.4) is 0 Å². The lowest BCUT2D eigenvalue weighted by Crippen LogP contribution is -2.61. The van der Waals surface area contributed by atoms with Crippen LogP contribution in [0.25, 0.3) is 0 Å². The fourth-order valence-electron chi connectivity index (χ4n) is 8.66. The summed E-state index contributed by atoms with van der Waals surface area (Å²) in [5, 5.41) is 72.2. The number of ether oxygens (including phenoxy) is 6. The molecule has 15 nitrogen and oxygen atoms in total. The van der Waals surface area contributed by atoms with E-state index in [1.54, 1.807) is 0 Å². The van der Waals surface area contributed by atoms with E-state index >= 15 is 0 Å². The van der Waals surface area contributed by atoms with Gasteiger partial charge in [-0.1, -0.05) is 190 Å². The molecule has 15 heteroatoms. The van der Waals surface area contributed by atoms with Gasteiger partial charge in [0.15, 0.2) is 18.7 Å². The highest BCUT2D eigenvalue weighted by Gasteiger charge is 2.47. The molecule has 0 amide bonds. The zero-order valence-electron chi connectivity index (χ0n) is 44.9. The van der Waals surface area contributed by atoms with E-state index in [4.69, 9.17) is 28.4 Å². The zero-order valence-corrected chi connectivity index (χ0v) is 44.9. The molecular weight excluding hydrogens is 937 g/mol. The van der Waals surface area contributed by atoms with Crippen molar-refractivity contribution in [1.82, 2.24) is 0 Å². The third kappa shape index (κ3) is 31.8. The summed E-state index contributed by atoms with van der Waals surface area (Å²) >= 11 is 0. The first kappa shape index (κ1) is 66.3. The Kier molecular flexibility index (Phi) is 40.3. The minimum Gasteiger partial charge on any atom is -0.462 e. The van der Waals surface area contributed by atoms with E-state index in [1.165, 1.54) is 89.9 Å². The Labute approximate surface area is 439 Å². The normalized spacial score (nSPS) is 25.3. The number of unbranched alkanes of at least 4 members (excludes halogenated alkanes) is 20. The van der Waals surface area contributed by atoms with Crippen molar-refractivity contribution in [2.75, 3.05) is 26.4 Å². The molecule has 4 unspecified atom stereocenters. The fraction of sp³-hybridized carbons (Fsp3) is 0.793. The number of hydrogen-bond donors (Lipinski definition) is 7. The maximum absolute atomic E-state index is 13.1. The van der Waals surface area contributed by atoms with Gasteiger partial charge in [0.2, 0.25) is 0 Å². The summed E-state index contributed by atoms with van der Waals surface area (Å²) in [6.45, 7) is 2.46. The van der Waals surface area contributed by atoms with Gasteiger partial charge in [-0.3, -0.25) is 9.59 Å². The van der Waals surface area contributed by atoms with Gasteiger partial charge in [0, 0.05) is 12.8 Å². The van der Waals surface area contributed by atoms with E-state index in [2.05, 4.69) is 74.6 Å². The second kappa shape index (κ2) is 44.3. The second-order valence-electron chi connectivity index (χ2n) is 19.7. The number of aliphatic hydroxyl groups excluding tert-OH is 7. The topological polar surface area (TPSA) is 231 Å². The Balaban J connectivity index is 1.78. The van der Waals surface area contributed by atoms with Crippen LogP contribution < -0.4 is 0 Å². The van der Waals surface area contributed by atoms with Crippen molar-refractivity contribution < 1.29 is 73.8 Å². The van der Waals surface area contributed by atoms with Gasteiger partial charge in [0.05, 0.1) is 19.8 Å². The van der Waals surface area contributed by atoms with Gasteiger partial charge in [-0.05, 0) is 57.8 Å². The number of carbonyl (C=O) groups excluding carboxylic acids is 2. The van der Waals surface area contributed by atoms with Crippen LogP contribution >= 0.6 is 0 Å². The summed E-state index contributed by atoms with van der Waals surface area (Å²) in [5.41, 5.74) is 0. The molecule has 422 valence electrons. The molecule has 0 aliphatic carbocycles. The van der Waals surface area contributed by atoms with E-state index < -0.39 is 99.3 Å². The molecule has 2 fully saturated rings. The van der Waals surface area contributed by atoms with Gasteiger partial charge < -0.3 is 64.2 Å². The van der Waals surface area contributed by atoms with Gasteiger partial charge in [-0.2, -0.15) is 0 Å². The predicted octanol–water partition coefficient (Wildman–Crippen LogP) is 9.22. The molecule has 0 aromatic carbocycles. The van der Waals surface area contributed by atoms with Crippen molar-refractivity contribution in [3.05, 3.63) is 60.8 Å². The van der Waals surface area contributed by atoms with Crippen molar-refractivity contribution in [3.8, 4) is 0 Å². The van der Waals surface area contributed by atoms with E-state index in [9.17, 15) is 45.3 Å². The van der Waals surface area contributed by atoms with Gasteiger partial charge in [0.25, 0.3) is 0 Å². The molecule has 0 aromatic heterocycles. The Morgan fingerprint density at radius 3 is 1.36 bits per heavy atom.